The summed E-state index contributed by atoms with van der Waals surface area (Å²) in [6.07, 6.45) is 3.96. The van der Waals surface area contributed by atoms with Gasteiger partial charge >= 0.3 is 0 Å². The minimum atomic E-state index is -0.0112. The van der Waals surface area contributed by atoms with Crippen molar-refractivity contribution in [2.45, 2.75) is 32.5 Å². The lowest BCUT2D eigenvalue weighted by atomic mass is 10.0. The molecule has 1 saturated heterocycles. The molecule has 1 aliphatic rings. The lowest BCUT2D eigenvalue weighted by Gasteiger charge is -2.29. The Labute approximate surface area is 173 Å². The number of nitrogens with zero attached hydrogens (tertiary/aromatic N) is 3. The Morgan fingerprint density at radius 3 is 2.74 bits per heavy atom. The number of hydrogen-bond donors (Lipinski definition) is 1. The molecule has 0 radical (unpaired) electrons. The van der Waals surface area contributed by atoms with Crippen LogP contribution in [0, 0.1) is 6.92 Å². The lowest BCUT2D eigenvalue weighted by Crippen LogP contribution is -2.30. The fraction of sp³-hybridized carbons (Fsp3) is 0.238. The van der Waals surface area contributed by atoms with Gasteiger partial charge in [0.25, 0.3) is 0 Å². The molecule has 2 unspecified atom stereocenters. The Morgan fingerprint density at radius 2 is 2.04 bits per heavy atom. The monoisotopic (exact) mass is 440 g/mol. The van der Waals surface area contributed by atoms with Crippen LogP contribution in [-0.4, -0.2) is 14.7 Å². The maximum absolute atomic E-state index is 5.77. The zero-order valence-electron chi connectivity index (χ0n) is 15.3. The standard InChI is InChI=1S/C21H21BrN4S/c1-3-25-12-6-8-18(25)20-19(17-7-4-5-11-23-17)24-21(27)26(20)15-9-10-16(22)14(2)13-15/h4-13,19-20H,3H2,1-2H3,(H,24,27). The maximum atomic E-state index is 5.77. The number of halogens is 1. The molecule has 0 aliphatic carbocycles. The predicted octanol–water partition coefficient (Wildman–Crippen LogP) is 5.15. The molecule has 3 aromatic rings. The van der Waals surface area contributed by atoms with E-state index in [1.54, 1.807) is 0 Å². The molecule has 0 amide bonds. The topological polar surface area (TPSA) is 33.1 Å². The fourth-order valence-electron chi connectivity index (χ4n) is 3.70. The first kappa shape index (κ1) is 18.2. The normalized spacial score (nSPS) is 19.4. The van der Waals surface area contributed by atoms with Crippen molar-refractivity contribution in [2.75, 3.05) is 4.90 Å². The SMILES string of the molecule is CCn1cccc1C1C(c2ccccn2)NC(=S)N1c1ccc(Br)c(C)c1. The van der Waals surface area contributed by atoms with Crippen molar-refractivity contribution >= 4 is 38.9 Å². The molecular formula is C21H21BrN4S. The van der Waals surface area contributed by atoms with E-state index >= 15 is 0 Å². The summed E-state index contributed by atoms with van der Waals surface area (Å²) in [5.41, 5.74) is 4.48. The number of aryl methyl sites for hydroxylation is 2. The van der Waals surface area contributed by atoms with Gasteiger partial charge < -0.3 is 14.8 Å². The summed E-state index contributed by atoms with van der Waals surface area (Å²) < 4.78 is 3.37. The van der Waals surface area contributed by atoms with Gasteiger partial charge in [-0.25, -0.2) is 0 Å². The van der Waals surface area contributed by atoms with Crippen LogP contribution < -0.4 is 10.2 Å². The quantitative estimate of drug-likeness (QED) is 0.568. The van der Waals surface area contributed by atoms with E-state index in [0.717, 1.165) is 27.5 Å². The highest BCUT2D eigenvalue weighted by atomic mass is 79.9. The Balaban J connectivity index is 1.85. The Kier molecular flexibility index (Phi) is 5.02. The van der Waals surface area contributed by atoms with Crippen LogP contribution in [0.25, 0.3) is 0 Å². The smallest absolute Gasteiger partial charge is 0.174 e. The van der Waals surface area contributed by atoms with Crippen molar-refractivity contribution in [3.8, 4) is 0 Å². The Bertz CT molecular complexity index is 969. The van der Waals surface area contributed by atoms with Crippen LogP contribution in [0.3, 0.4) is 0 Å². The Morgan fingerprint density at radius 1 is 1.19 bits per heavy atom. The molecule has 4 rings (SSSR count). The van der Waals surface area contributed by atoms with Gasteiger partial charge in [-0.3, -0.25) is 4.98 Å². The summed E-state index contributed by atoms with van der Waals surface area (Å²) in [5, 5.41) is 4.24. The van der Waals surface area contributed by atoms with Crippen molar-refractivity contribution in [1.82, 2.24) is 14.9 Å². The minimum absolute atomic E-state index is 0.0112. The van der Waals surface area contributed by atoms with E-state index in [0.29, 0.717) is 0 Å². The van der Waals surface area contributed by atoms with Crippen molar-refractivity contribution in [3.05, 3.63) is 82.3 Å². The van der Waals surface area contributed by atoms with Gasteiger partial charge in [-0.05, 0) is 74.1 Å². The summed E-state index contributed by atoms with van der Waals surface area (Å²) in [6, 6.07) is 16.7. The first-order valence-corrected chi connectivity index (χ1v) is 10.2. The molecule has 138 valence electrons. The van der Waals surface area contributed by atoms with Gasteiger partial charge in [-0.1, -0.05) is 22.0 Å². The summed E-state index contributed by atoms with van der Waals surface area (Å²) in [7, 11) is 0. The van der Waals surface area contributed by atoms with Gasteiger partial charge in [0.15, 0.2) is 5.11 Å². The van der Waals surface area contributed by atoms with Crippen LogP contribution in [0.5, 0.6) is 0 Å². The van der Waals surface area contributed by atoms with Crippen molar-refractivity contribution in [3.63, 3.8) is 0 Å². The largest absolute Gasteiger partial charge is 0.351 e. The first-order valence-electron chi connectivity index (χ1n) is 9.02. The van der Waals surface area contributed by atoms with Crippen molar-refractivity contribution < 1.29 is 0 Å². The number of benzene rings is 1. The third kappa shape index (κ3) is 3.28. The molecule has 0 bridgehead atoms. The second-order valence-electron chi connectivity index (χ2n) is 6.65. The lowest BCUT2D eigenvalue weighted by molar-refractivity contribution is 0.529. The molecule has 1 N–H and O–H groups in total. The highest BCUT2D eigenvalue weighted by Gasteiger charge is 2.41. The number of hydrogen-bond acceptors (Lipinski definition) is 2. The molecule has 1 aliphatic heterocycles. The molecule has 3 heterocycles. The van der Waals surface area contributed by atoms with Crippen molar-refractivity contribution in [1.29, 1.82) is 0 Å². The molecule has 27 heavy (non-hydrogen) atoms. The number of rotatable bonds is 4. The summed E-state index contributed by atoms with van der Waals surface area (Å²) >= 11 is 9.37. The fourth-order valence-corrected chi connectivity index (χ4v) is 4.29. The minimum Gasteiger partial charge on any atom is -0.351 e. The average Bonchev–Trinajstić information content (AvgIpc) is 3.28. The zero-order valence-corrected chi connectivity index (χ0v) is 17.7. The van der Waals surface area contributed by atoms with Gasteiger partial charge in [-0.2, -0.15) is 0 Å². The molecule has 0 spiro atoms. The van der Waals surface area contributed by atoms with Crippen LogP contribution in [-0.2, 0) is 6.54 Å². The second kappa shape index (κ2) is 7.44. The third-order valence-corrected chi connectivity index (χ3v) is 6.23. The van der Waals surface area contributed by atoms with E-state index in [1.165, 1.54) is 11.3 Å². The molecule has 2 atom stereocenters. The van der Waals surface area contributed by atoms with Gasteiger partial charge in [0.05, 0.1) is 11.7 Å². The number of nitrogens with one attached hydrogen (secondary N) is 1. The second-order valence-corrected chi connectivity index (χ2v) is 7.89. The zero-order chi connectivity index (χ0) is 19.0. The van der Waals surface area contributed by atoms with Crippen LogP contribution in [0.1, 0.15) is 36.0 Å². The first-order chi connectivity index (χ1) is 13.1. The van der Waals surface area contributed by atoms with Crippen LogP contribution in [0.15, 0.2) is 65.4 Å². The molecule has 2 aromatic heterocycles. The molecular weight excluding hydrogens is 420 g/mol. The summed E-state index contributed by atoms with van der Waals surface area (Å²) in [5.74, 6) is 0. The number of aromatic nitrogens is 2. The summed E-state index contributed by atoms with van der Waals surface area (Å²) in [6.45, 7) is 5.17. The van der Waals surface area contributed by atoms with E-state index in [4.69, 9.17) is 12.2 Å². The van der Waals surface area contributed by atoms with E-state index in [2.05, 4.69) is 92.1 Å². The third-order valence-electron chi connectivity index (χ3n) is 5.03. The molecule has 1 fully saturated rings. The van der Waals surface area contributed by atoms with E-state index in [1.807, 2.05) is 18.3 Å². The highest BCUT2D eigenvalue weighted by Crippen LogP contribution is 2.42. The molecule has 1 aromatic carbocycles. The predicted molar refractivity (Wildman–Crippen MR) is 117 cm³/mol. The molecule has 4 nitrogen and oxygen atoms in total. The Hall–Kier alpha value is -2.18. The van der Waals surface area contributed by atoms with Crippen LogP contribution in [0.4, 0.5) is 5.69 Å². The highest BCUT2D eigenvalue weighted by molar-refractivity contribution is 9.10. The maximum Gasteiger partial charge on any atom is 0.174 e. The number of anilines is 1. The molecule has 0 saturated carbocycles. The van der Waals surface area contributed by atoms with Crippen molar-refractivity contribution in [2.24, 2.45) is 0 Å². The van der Waals surface area contributed by atoms with Gasteiger partial charge in [0.1, 0.15) is 6.04 Å². The van der Waals surface area contributed by atoms with Gasteiger partial charge in [0, 0.05) is 34.8 Å². The number of pyridine rings is 1. The summed E-state index contributed by atoms with van der Waals surface area (Å²) in [4.78, 5) is 6.82. The van der Waals surface area contributed by atoms with Crippen LogP contribution in [0.2, 0.25) is 0 Å². The van der Waals surface area contributed by atoms with E-state index in [-0.39, 0.29) is 12.1 Å². The number of thiocarbonyl (C=S) groups is 1. The molecule has 6 heteroatoms. The van der Waals surface area contributed by atoms with Gasteiger partial charge in [-0.15, -0.1) is 0 Å². The van der Waals surface area contributed by atoms with E-state index < -0.39 is 0 Å². The van der Waals surface area contributed by atoms with Gasteiger partial charge in [0.2, 0.25) is 0 Å². The van der Waals surface area contributed by atoms with E-state index in [9.17, 15) is 0 Å². The average molecular weight is 441 g/mol. The van der Waals surface area contributed by atoms with Crippen LogP contribution >= 0.6 is 28.1 Å².